The lowest BCUT2D eigenvalue weighted by Gasteiger charge is -2.29. The Balaban J connectivity index is 1.83. The molecule has 1 aromatic heterocycles. The molecule has 0 fully saturated rings. The quantitative estimate of drug-likeness (QED) is 0.271. The number of carbonyl (C=O) groups is 2. The number of ether oxygens (including phenoxy) is 3. The summed E-state index contributed by atoms with van der Waals surface area (Å²) in [6.07, 6.45) is 1.16. The van der Waals surface area contributed by atoms with Crippen LogP contribution in [0.3, 0.4) is 0 Å². The number of aromatic nitrogens is 2. The van der Waals surface area contributed by atoms with Crippen LogP contribution in [0.5, 0.6) is 11.5 Å². The number of fused-ring (bicyclic) bond motifs is 1. The largest absolute Gasteiger partial charge is 0.493 e. The van der Waals surface area contributed by atoms with E-state index < -0.39 is 4.92 Å². The van der Waals surface area contributed by atoms with Gasteiger partial charge >= 0.3 is 0 Å². The van der Waals surface area contributed by atoms with Gasteiger partial charge in [0, 0.05) is 45.2 Å². The highest BCUT2D eigenvalue weighted by Crippen LogP contribution is 2.39. The highest BCUT2D eigenvalue weighted by atomic mass is 16.6. The molecule has 0 unspecified atom stereocenters. The number of methoxy groups -OCH3 is 3. The first-order valence-corrected chi connectivity index (χ1v) is 12.9. The maximum absolute atomic E-state index is 13.4. The van der Waals surface area contributed by atoms with E-state index in [4.69, 9.17) is 19.3 Å². The lowest BCUT2D eigenvalue weighted by molar-refractivity contribution is -0.384. The summed E-state index contributed by atoms with van der Waals surface area (Å²) < 4.78 is 17.3. The molecular weight excluding hydrogens is 516 g/mol. The first-order chi connectivity index (χ1) is 19.0. The second-order valence-electron chi connectivity index (χ2n) is 10.7. The second kappa shape index (κ2) is 11.5. The lowest BCUT2D eigenvalue weighted by atomic mass is 9.75. The van der Waals surface area contributed by atoms with Crippen molar-refractivity contribution in [3.8, 4) is 17.2 Å². The standard InChI is InChI=1S/C29H34N4O7/c1-29(2)16-23-27(24(34)17-29)20(13-18-7-10-25(39-5)26(14-18)40-6)30-32(23)21-9-8-19(15-22(21)33(36)37)28(35)31(3)11-12-38-4/h7-10,14-15H,11-13,16-17H2,1-6H3. The summed E-state index contributed by atoms with van der Waals surface area (Å²) in [5, 5.41) is 17.0. The number of benzene rings is 2. The molecule has 0 N–H and O–H groups in total. The van der Waals surface area contributed by atoms with E-state index in [2.05, 4.69) is 0 Å². The average molecular weight is 551 g/mol. The molecule has 0 atom stereocenters. The molecule has 212 valence electrons. The molecule has 0 radical (unpaired) electrons. The molecule has 0 aliphatic heterocycles. The van der Waals surface area contributed by atoms with Gasteiger partial charge in [0.25, 0.3) is 11.6 Å². The minimum Gasteiger partial charge on any atom is -0.493 e. The molecule has 0 saturated heterocycles. The van der Waals surface area contributed by atoms with E-state index in [1.165, 1.54) is 28.8 Å². The van der Waals surface area contributed by atoms with Crippen molar-refractivity contribution >= 4 is 17.4 Å². The fourth-order valence-corrected chi connectivity index (χ4v) is 5.07. The maximum Gasteiger partial charge on any atom is 0.295 e. The minimum atomic E-state index is -0.529. The summed E-state index contributed by atoms with van der Waals surface area (Å²) in [5.41, 5.74) is 2.23. The van der Waals surface area contributed by atoms with Gasteiger partial charge in [0.1, 0.15) is 5.69 Å². The Kier molecular flexibility index (Phi) is 8.24. The summed E-state index contributed by atoms with van der Waals surface area (Å²) >= 11 is 0. The number of amides is 1. The Bertz CT molecular complexity index is 1460. The van der Waals surface area contributed by atoms with Crippen molar-refractivity contribution in [3.63, 3.8) is 0 Å². The molecule has 2 aromatic carbocycles. The Hall–Kier alpha value is -4.25. The number of likely N-dealkylation sites (N-methyl/N-ethyl adjacent to an activating group) is 1. The molecular formula is C29H34N4O7. The molecule has 11 nitrogen and oxygen atoms in total. The van der Waals surface area contributed by atoms with Crippen LogP contribution in [0.1, 0.15) is 57.9 Å². The second-order valence-corrected chi connectivity index (χ2v) is 10.7. The zero-order valence-electron chi connectivity index (χ0n) is 23.6. The van der Waals surface area contributed by atoms with E-state index >= 15 is 0 Å². The van der Waals surface area contributed by atoms with Crippen molar-refractivity contribution < 1.29 is 28.7 Å². The van der Waals surface area contributed by atoms with Gasteiger partial charge in [0.2, 0.25) is 0 Å². The smallest absolute Gasteiger partial charge is 0.295 e. The predicted octanol–water partition coefficient (Wildman–Crippen LogP) is 4.26. The number of rotatable bonds is 10. The summed E-state index contributed by atoms with van der Waals surface area (Å²) in [5.74, 6) is 0.712. The maximum atomic E-state index is 13.4. The monoisotopic (exact) mass is 550 g/mol. The Morgan fingerprint density at radius 1 is 1.10 bits per heavy atom. The van der Waals surface area contributed by atoms with Crippen LogP contribution in [0.2, 0.25) is 0 Å². The van der Waals surface area contributed by atoms with Crippen LogP contribution in [0, 0.1) is 15.5 Å². The molecule has 11 heteroatoms. The van der Waals surface area contributed by atoms with Gasteiger partial charge in [-0.15, -0.1) is 0 Å². The predicted molar refractivity (Wildman–Crippen MR) is 148 cm³/mol. The Morgan fingerprint density at radius 2 is 1.82 bits per heavy atom. The molecule has 1 heterocycles. The van der Waals surface area contributed by atoms with Crippen molar-refractivity contribution in [2.45, 2.75) is 33.1 Å². The number of hydrogen-bond donors (Lipinski definition) is 0. The molecule has 1 amide bonds. The van der Waals surface area contributed by atoms with Crippen molar-refractivity contribution in [3.05, 3.63) is 74.6 Å². The topological polar surface area (TPSA) is 126 Å². The third kappa shape index (κ3) is 5.69. The summed E-state index contributed by atoms with van der Waals surface area (Å²) in [6, 6.07) is 9.81. The number of carbonyl (C=O) groups excluding carboxylic acids is 2. The van der Waals surface area contributed by atoms with Crippen molar-refractivity contribution in [2.75, 3.05) is 41.5 Å². The normalized spacial score (nSPS) is 14.0. The number of ketones is 1. The third-order valence-corrected chi connectivity index (χ3v) is 7.06. The van der Waals surface area contributed by atoms with Gasteiger partial charge < -0.3 is 19.1 Å². The summed E-state index contributed by atoms with van der Waals surface area (Å²) in [4.78, 5) is 39.5. The number of nitrogens with zero attached hydrogens (tertiary/aromatic N) is 4. The molecule has 4 rings (SSSR count). The summed E-state index contributed by atoms with van der Waals surface area (Å²) in [6.45, 7) is 4.67. The molecule has 40 heavy (non-hydrogen) atoms. The van der Waals surface area contributed by atoms with E-state index in [-0.39, 0.29) is 34.0 Å². The van der Waals surface area contributed by atoms with Crippen molar-refractivity contribution in [1.29, 1.82) is 0 Å². The van der Waals surface area contributed by atoms with Crippen LogP contribution < -0.4 is 9.47 Å². The lowest BCUT2D eigenvalue weighted by Crippen LogP contribution is -2.30. The fraction of sp³-hybridized carbons (Fsp3) is 0.414. The fourth-order valence-electron chi connectivity index (χ4n) is 5.07. The van der Waals surface area contributed by atoms with E-state index in [9.17, 15) is 19.7 Å². The van der Waals surface area contributed by atoms with Gasteiger partial charge in [-0.25, -0.2) is 4.68 Å². The Morgan fingerprint density at radius 3 is 2.48 bits per heavy atom. The van der Waals surface area contributed by atoms with Crippen molar-refractivity contribution in [2.24, 2.45) is 5.41 Å². The zero-order chi connectivity index (χ0) is 29.2. The number of nitro benzene ring substituents is 1. The van der Waals surface area contributed by atoms with E-state index in [0.717, 1.165) is 5.56 Å². The van der Waals surface area contributed by atoms with Gasteiger partial charge in [-0.1, -0.05) is 19.9 Å². The van der Waals surface area contributed by atoms with Crippen LogP contribution in [0.4, 0.5) is 5.69 Å². The van der Waals surface area contributed by atoms with Crippen LogP contribution in [0.25, 0.3) is 5.69 Å². The number of nitro groups is 1. The molecule has 0 bridgehead atoms. The number of Topliss-reactive ketones (excluding diaryl/α,β-unsaturated/α-hetero) is 1. The summed E-state index contributed by atoms with van der Waals surface area (Å²) in [7, 11) is 6.25. The van der Waals surface area contributed by atoms with Crippen LogP contribution in [-0.2, 0) is 17.6 Å². The molecule has 3 aromatic rings. The SMILES string of the molecule is COCCN(C)C(=O)c1ccc(-n2nc(Cc3ccc(OC)c(OC)c3)c3c2CC(C)(C)CC3=O)c([N+](=O)[O-])c1. The first-order valence-electron chi connectivity index (χ1n) is 12.9. The third-order valence-electron chi connectivity index (χ3n) is 7.06. The molecule has 1 aliphatic rings. The average Bonchev–Trinajstić information content (AvgIpc) is 3.27. The molecule has 0 spiro atoms. The van der Waals surface area contributed by atoms with Gasteiger partial charge in [-0.05, 0) is 41.7 Å². The van der Waals surface area contributed by atoms with Crippen molar-refractivity contribution in [1.82, 2.24) is 14.7 Å². The highest BCUT2D eigenvalue weighted by Gasteiger charge is 2.38. The van der Waals surface area contributed by atoms with Gasteiger partial charge in [0.15, 0.2) is 17.3 Å². The molecule has 1 aliphatic carbocycles. The van der Waals surface area contributed by atoms with Crippen LogP contribution in [-0.4, -0.2) is 72.8 Å². The van der Waals surface area contributed by atoms with Gasteiger partial charge in [-0.3, -0.25) is 19.7 Å². The first kappa shape index (κ1) is 28.8. The zero-order valence-corrected chi connectivity index (χ0v) is 23.6. The van der Waals surface area contributed by atoms with Gasteiger partial charge in [0.05, 0.1) is 42.7 Å². The van der Waals surface area contributed by atoms with Crippen LogP contribution >= 0.6 is 0 Å². The van der Waals surface area contributed by atoms with Gasteiger partial charge in [-0.2, -0.15) is 5.10 Å². The molecule has 0 saturated carbocycles. The van der Waals surface area contributed by atoms with E-state index in [1.807, 2.05) is 26.0 Å². The van der Waals surface area contributed by atoms with E-state index in [1.54, 1.807) is 33.4 Å². The van der Waals surface area contributed by atoms with Crippen LogP contribution in [0.15, 0.2) is 36.4 Å². The minimum absolute atomic E-state index is 0.0535. The Labute approximate surface area is 232 Å². The van der Waals surface area contributed by atoms with E-state index in [0.29, 0.717) is 60.9 Å². The number of hydrogen-bond acceptors (Lipinski definition) is 8. The highest BCUT2D eigenvalue weighted by molar-refractivity contribution is 6.00.